The molecule has 0 bridgehead atoms. The van der Waals surface area contributed by atoms with Gasteiger partial charge in [0.25, 0.3) is 0 Å². The van der Waals surface area contributed by atoms with E-state index in [4.69, 9.17) is 5.11 Å². The molecule has 0 amide bonds. The highest BCUT2D eigenvalue weighted by Gasteiger charge is 2.44. The van der Waals surface area contributed by atoms with Gasteiger partial charge in [0.1, 0.15) is 0 Å². The van der Waals surface area contributed by atoms with Crippen LogP contribution >= 0.6 is 0 Å². The third-order valence-corrected chi connectivity index (χ3v) is 6.30. The number of nitrogens with one attached hydrogen (secondary N) is 1. The van der Waals surface area contributed by atoms with Gasteiger partial charge in [-0.3, -0.25) is 0 Å². The van der Waals surface area contributed by atoms with Gasteiger partial charge in [-0.15, -0.1) is 0 Å². The van der Waals surface area contributed by atoms with E-state index in [2.05, 4.69) is 24.4 Å². The summed E-state index contributed by atoms with van der Waals surface area (Å²) in [5.74, 6) is 1.38. The fourth-order valence-corrected chi connectivity index (χ4v) is 4.80. The maximum absolute atomic E-state index is 10.4. The van der Waals surface area contributed by atoms with Crippen molar-refractivity contribution in [3.8, 4) is 0 Å². The van der Waals surface area contributed by atoms with Gasteiger partial charge in [-0.05, 0) is 63.3 Å². The van der Waals surface area contributed by atoms with Gasteiger partial charge in [-0.2, -0.15) is 0 Å². The van der Waals surface area contributed by atoms with Gasteiger partial charge in [0.2, 0.25) is 0 Å². The van der Waals surface area contributed by atoms with E-state index in [0.29, 0.717) is 18.4 Å². The van der Waals surface area contributed by atoms with Crippen molar-refractivity contribution in [2.45, 2.75) is 83.3 Å². The molecular weight excluding hydrogens is 338 g/mol. The van der Waals surface area contributed by atoms with Crippen molar-refractivity contribution in [1.82, 2.24) is 5.32 Å². The van der Waals surface area contributed by atoms with Crippen LogP contribution in [0.25, 0.3) is 0 Å². The summed E-state index contributed by atoms with van der Waals surface area (Å²) in [5.41, 5.74) is 1.57. The predicted molar refractivity (Wildman–Crippen MR) is 112 cm³/mol. The zero-order valence-electron chi connectivity index (χ0n) is 17.2. The number of aliphatic hydroxyl groups is 3. The molecular formula is C23H41NO3. The second-order valence-electron chi connectivity index (χ2n) is 8.49. The van der Waals surface area contributed by atoms with Crippen molar-refractivity contribution >= 4 is 0 Å². The Kier molecular flexibility index (Phi) is 10.6. The summed E-state index contributed by atoms with van der Waals surface area (Å²) in [5, 5.41) is 32.5. The topological polar surface area (TPSA) is 72.7 Å². The molecule has 0 aromatic carbocycles. The molecule has 0 unspecified atom stereocenters. The Hall–Kier alpha value is -0.680. The molecule has 5 atom stereocenters. The molecule has 0 aromatic rings. The molecule has 2 aliphatic rings. The van der Waals surface area contributed by atoms with Crippen LogP contribution in [0.5, 0.6) is 0 Å². The number of allylic oxidation sites excluding steroid dienone is 2. The molecule has 27 heavy (non-hydrogen) atoms. The Bertz CT molecular complexity index is 463. The predicted octanol–water partition coefficient (Wildman–Crippen LogP) is 3.57. The number of unbranched alkanes of at least 4 members (excludes halogenated alkanes) is 4. The average Bonchev–Trinajstić information content (AvgIpc) is 3.16. The molecule has 2 saturated carbocycles. The van der Waals surface area contributed by atoms with E-state index in [1.54, 1.807) is 5.57 Å². The Labute approximate surface area is 165 Å². The molecule has 4 heteroatoms. The Morgan fingerprint density at radius 2 is 2.00 bits per heavy atom. The van der Waals surface area contributed by atoms with Crippen LogP contribution in [0.3, 0.4) is 0 Å². The molecule has 0 heterocycles. The van der Waals surface area contributed by atoms with Crippen LogP contribution in [0, 0.1) is 17.8 Å². The Balaban J connectivity index is 1.73. The van der Waals surface area contributed by atoms with Crippen LogP contribution in [0.4, 0.5) is 0 Å². The number of aliphatic hydroxyl groups excluding tert-OH is 3. The standard InChI is InChI=1S/C23H41NO3/c1-2-3-5-9-20(26)10-11-21-22-16-18(15-19(22)17-23(21)27)8-6-4-7-12-24-13-14-25/h8,10-11,19-27H,2-7,9,12-17H2,1H3/b11-10+,18-8+/t19-,20-,21+,22-,23+/m0/s1. The molecule has 0 radical (unpaired) electrons. The van der Waals surface area contributed by atoms with Gasteiger partial charge in [0, 0.05) is 12.5 Å². The van der Waals surface area contributed by atoms with Crippen LogP contribution in [-0.4, -0.2) is 47.2 Å². The van der Waals surface area contributed by atoms with Crippen molar-refractivity contribution in [3.05, 3.63) is 23.8 Å². The van der Waals surface area contributed by atoms with E-state index in [-0.39, 0.29) is 24.7 Å². The van der Waals surface area contributed by atoms with E-state index in [1.807, 2.05) is 6.08 Å². The number of hydrogen-bond acceptors (Lipinski definition) is 4. The summed E-state index contributed by atoms with van der Waals surface area (Å²) in [6.45, 7) is 4.06. The lowest BCUT2D eigenvalue weighted by Gasteiger charge is -2.17. The number of rotatable bonds is 13. The summed E-state index contributed by atoms with van der Waals surface area (Å²) in [6, 6.07) is 0. The smallest absolute Gasteiger partial charge is 0.0721 e. The van der Waals surface area contributed by atoms with Crippen molar-refractivity contribution in [2.24, 2.45) is 17.8 Å². The van der Waals surface area contributed by atoms with Gasteiger partial charge in [-0.1, -0.05) is 50.0 Å². The minimum absolute atomic E-state index is 0.212. The van der Waals surface area contributed by atoms with Gasteiger partial charge in [0.15, 0.2) is 0 Å². The number of hydrogen-bond donors (Lipinski definition) is 4. The van der Waals surface area contributed by atoms with E-state index < -0.39 is 0 Å². The maximum atomic E-state index is 10.4. The van der Waals surface area contributed by atoms with Crippen LogP contribution in [-0.2, 0) is 0 Å². The summed E-state index contributed by atoms with van der Waals surface area (Å²) < 4.78 is 0. The van der Waals surface area contributed by atoms with Gasteiger partial charge < -0.3 is 20.6 Å². The van der Waals surface area contributed by atoms with Crippen LogP contribution in [0.1, 0.15) is 71.1 Å². The monoisotopic (exact) mass is 379 g/mol. The minimum atomic E-state index is -0.362. The van der Waals surface area contributed by atoms with Crippen LogP contribution < -0.4 is 5.32 Å². The van der Waals surface area contributed by atoms with E-state index in [9.17, 15) is 10.2 Å². The zero-order chi connectivity index (χ0) is 19.5. The van der Waals surface area contributed by atoms with Gasteiger partial charge in [-0.25, -0.2) is 0 Å². The molecule has 2 aliphatic carbocycles. The largest absolute Gasteiger partial charge is 0.395 e. The highest BCUT2D eigenvalue weighted by Crippen LogP contribution is 2.50. The SMILES string of the molecule is CCCCC[C@H](O)/C=C/[C@@H]1[C@H]2C/C(=C/CCCCNCCO)C[C@H]2C[C@H]1O. The fourth-order valence-electron chi connectivity index (χ4n) is 4.80. The molecule has 0 aliphatic heterocycles. The lowest BCUT2D eigenvalue weighted by molar-refractivity contribution is 0.139. The quantitative estimate of drug-likeness (QED) is 0.292. The fraction of sp³-hybridized carbons (Fsp3) is 0.826. The first kappa shape index (κ1) is 22.6. The minimum Gasteiger partial charge on any atom is -0.395 e. The van der Waals surface area contributed by atoms with Crippen molar-refractivity contribution in [2.75, 3.05) is 19.7 Å². The Morgan fingerprint density at radius 1 is 1.15 bits per heavy atom. The number of fused-ring (bicyclic) bond motifs is 1. The molecule has 0 saturated heterocycles. The van der Waals surface area contributed by atoms with E-state index in [1.165, 1.54) is 19.3 Å². The lowest BCUT2D eigenvalue weighted by atomic mass is 9.90. The van der Waals surface area contributed by atoms with E-state index in [0.717, 1.165) is 51.5 Å². The van der Waals surface area contributed by atoms with Crippen molar-refractivity contribution in [3.63, 3.8) is 0 Å². The second-order valence-corrected chi connectivity index (χ2v) is 8.49. The first-order valence-electron chi connectivity index (χ1n) is 11.2. The third kappa shape index (κ3) is 7.69. The van der Waals surface area contributed by atoms with Crippen molar-refractivity contribution in [1.29, 1.82) is 0 Å². The highest BCUT2D eigenvalue weighted by molar-refractivity contribution is 5.17. The summed E-state index contributed by atoms with van der Waals surface area (Å²) in [7, 11) is 0. The summed E-state index contributed by atoms with van der Waals surface area (Å²) >= 11 is 0. The molecule has 156 valence electrons. The molecule has 0 spiro atoms. The Morgan fingerprint density at radius 3 is 2.78 bits per heavy atom. The second kappa shape index (κ2) is 12.7. The molecule has 2 fully saturated rings. The first-order valence-corrected chi connectivity index (χ1v) is 11.2. The maximum Gasteiger partial charge on any atom is 0.0721 e. The lowest BCUT2D eigenvalue weighted by Crippen LogP contribution is -2.19. The van der Waals surface area contributed by atoms with Crippen LogP contribution in [0.15, 0.2) is 23.8 Å². The highest BCUT2D eigenvalue weighted by atomic mass is 16.3. The molecule has 4 nitrogen and oxygen atoms in total. The van der Waals surface area contributed by atoms with Gasteiger partial charge in [0.05, 0.1) is 18.8 Å². The summed E-state index contributed by atoms with van der Waals surface area (Å²) in [4.78, 5) is 0. The van der Waals surface area contributed by atoms with E-state index >= 15 is 0 Å². The third-order valence-electron chi connectivity index (χ3n) is 6.30. The van der Waals surface area contributed by atoms with Crippen LogP contribution in [0.2, 0.25) is 0 Å². The zero-order valence-corrected chi connectivity index (χ0v) is 17.2. The first-order chi connectivity index (χ1) is 13.2. The average molecular weight is 380 g/mol. The molecule has 0 aromatic heterocycles. The molecule has 2 rings (SSSR count). The summed E-state index contributed by atoms with van der Waals surface area (Å²) in [6.07, 6.45) is 16.8. The van der Waals surface area contributed by atoms with Gasteiger partial charge >= 0.3 is 0 Å². The normalized spacial score (nSPS) is 30.4. The van der Waals surface area contributed by atoms with Crippen molar-refractivity contribution < 1.29 is 15.3 Å². The molecule has 4 N–H and O–H groups in total.